The van der Waals surface area contributed by atoms with Crippen LogP contribution in [0.25, 0.3) is 0 Å². The summed E-state index contributed by atoms with van der Waals surface area (Å²) in [6.07, 6.45) is 1.81. The van der Waals surface area contributed by atoms with Gasteiger partial charge in [-0.3, -0.25) is 24.5 Å². The van der Waals surface area contributed by atoms with Crippen LogP contribution in [-0.4, -0.2) is 22.8 Å². The van der Waals surface area contributed by atoms with Crippen molar-refractivity contribution in [2.75, 3.05) is 0 Å². The first-order valence-corrected chi connectivity index (χ1v) is 3.18. The third-order valence-electron chi connectivity index (χ3n) is 1.39. The van der Waals surface area contributed by atoms with Crippen molar-refractivity contribution in [3.05, 3.63) is 33.5 Å². The second-order valence-electron chi connectivity index (χ2n) is 2.24. The lowest BCUT2D eigenvalue weighted by Gasteiger charge is -2.00. The number of Topliss-reactive ketones (excluding diaryl/α,β-unsaturated/α-hetero) is 1. The molecule has 0 heterocycles. The maximum atomic E-state index is 10.8. The SMILES string of the molecule is O=CC1=CC(=O)C(=O)C([N+](=O)[O-])=C1. The van der Waals surface area contributed by atoms with Gasteiger partial charge in [-0.25, -0.2) is 0 Å². The van der Waals surface area contributed by atoms with Crippen molar-refractivity contribution in [1.29, 1.82) is 0 Å². The Hall–Kier alpha value is -2.11. The van der Waals surface area contributed by atoms with E-state index >= 15 is 0 Å². The molecule has 0 atom stereocenters. The smallest absolute Gasteiger partial charge is 0.298 e. The molecule has 6 nitrogen and oxygen atoms in total. The third kappa shape index (κ3) is 1.56. The fraction of sp³-hybridized carbons (Fsp3) is 0. The van der Waals surface area contributed by atoms with E-state index in [1.807, 2.05) is 0 Å². The van der Waals surface area contributed by atoms with Crippen LogP contribution in [-0.2, 0) is 14.4 Å². The molecule has 0 unspecified atom stereocenters. The lowest BCUT2D eigenvalue weighted by atomic mass is 10.0. The van der Waals surface area contributed by atoms with Crippen LogP contribution in [0.3, 0.4) is 0 Å². The van der Waals surface area contributed by atoms with E-state index in [0.717, 1.165) is 12.2 Å². The van der Waals surface area contributed by atoms with Gasteiger partial charge in [0.2, 0.25) is 5.78 Å². The summed E-state index contributed by atoms with van der Waals surface area (Å²) >= 11 is 0. The Morgan fingerprint density at radius 2 is 1.92 bits per heavy atom. The van der Waals surface area contributed by atoms with E-state index in [2.05, 4.69) is 0 Å². The maximum absolute atomic E-state index is 10.8. The molecule has 0 spiro atoms. The first-order valence-electron chi connectivity index (χ1n) is 3.18. The van der Waals surface area contributed by atoms with Gasteiger partial charge in [0.05, 0.1) is 4.92 Å². The predicted molar refractivity (Wildman–Crippen MR) is 39.2 cm³/mol. The highest BCUT2D eigenvalue weighted by atomic mass is 16.6. The van der Waals surface area contributed by atoms with Gasteiger partial charge in [0.25, 0.3) is 0 Å². The lowest BCUT2D eigenvalue weighted by molar-refractivity contribution is -0.418. The fourth-order valence-electron chi connectivity index (χ4n) is 0.812. The molecule has 0 radical (unpaired) electrons. The summed E-state index contributed by atoms with van der Waals surface area (Å²) in [5.74, 6) is -2.24. The van der Waals surface area contributed by atoms with Crippen LogP contribution in [0.5, 0.6) is 0 Å². The molecule has 0 aromatic heterocycles. The topological polar surface area (TPSA) is 94.3 Å². The number of rotatable bonds is 2. The molecule has 0 saturated carbocycles. The number of ketones is 2. The third-order valence-corrected chi connectivity index (χ3v) is 1.39. The molecule has 0 bridgehead atoms. The predicted octanol–water partition coefficient (Wildman–Crippen LogP) is -0.576. The van der Waals surface area contributed by atoms with Crippen molar-refractivity contribution in [2.45, 2.75) is 0 Å². The van der Waals surface area contributed by atoms with Crippen molar-refractivity contribution in [2.24, 2.45) is 0 Å². The number of carbonyl (C=O) groups is 3. The minimum absolute atomic E-state index is 0.170. The van der Waals surface area contributed by atoms with Gasteiger partial charge in [0, 0.05) is 17.7 Å². The average molecular weight is 181 g/mol. The summed E-state index contributed by atoms with van der Waals surface area (Å²) in [7, 11) is 0. The van der Waals surface area contributed by atoms with E-state index in [1.54, 1.807) is 0 Å². The zero-order chi connectivity index (χ0) is 10.0. The molecule has 1 rings (SSSR count). The molecule has 66 valence electrons. The van der Waals surface area contributed by atoms with E-state index in [4.69, 9.17) is 0 Å². The highest BCUT2D eigenvalue weighted by Crippen LogP contribution is 2.10. The fourth-order valence-corrected chi connectivity index (χ4v) is 0.812. The Morgan fingerprint density at radius 1 is 1.31 bits per heavy atom. The summed E-state index contributed by atoms with van der Waals surface area (Å²) in [4.78, 5) is 40.9. The molecular formula is C7H3NO5. The Bertz CT molecular complexity index is 376. The number of hydrogen-bond acceptors (Lipinski definition) is 5. The first-order chi connectivity index (χ1) is 6.06. The molecule has 0 fully saturated rings. The van der Waals surface area contributed by atoms with Crippen LogP contribution in [0.2, 0.25) is 0 Å². The van der Waals surface area contributed by atoms with Crippen LogP contribution >= 0.6 is 0 Å². The number of allylic oxidation sites excluding steroid dienone is 4. The average Bonchev–Trinajstić information content (AvgIpc) is 2.09. The largest absolute Gasteiger partial charge is 0.321 e. The quantitative estimate of drug-likeness (QED) is 0.187. The van der Waals surface area contributed by atoms with Crippen molar-refractivity contribution in [1.82, 2.24) is 0 Å². The van der Waals surface area contributed by atoms with Crippen molar-refractivity contribution < 1.29 is 19.3 Å². The van der Waals surface area contributed by atoms with Crippen molar-refractivity contribution >= 4 is 17.9 Å². The molecule has 6 heteroatoms. The second kappa shape index (κ2) is 3.10. The zero-order valence-corrected chi connectivity index (χ0v) is 6.22. The minimum Gasteiger partial charge on any atom is -0.298 e. The monoisotopic (exact) mass is 181 g/mol. The highest BCUT2D eigenvalue weighted by Gasteiger charge is 2.31. The van der Waals surface area contributed by atoms with E-state index < -0.39 is 22.2 Å². The normalized spacial score (nSPS) is 16.3. The van der Waals surface area contributed by atoms with Crippen LogP contribution < -0.4 is 0 Å². The van der Waals surface area contributed by atoms with E-state index in [9.17, 15) is 24.5 Å². The lowest BCUT2D eigenvalue weighted by Crippen LogP contribution is -2.23. The number of hydrogen-bond donors (Lipinski definition) is 0. The molecule has 0 aliphatic heterocycles. The number of aldehydes is 1. The summed E-state index contributed by atoms with van der Waals surface area (Å²) in [5, 5.41) is 10.2. The molecule has 0 amide bonds. The van der Waals surface area contributed by atoms with Gasteiger partial charge in [-0.05, 0) is 0 Å². The van der Waals surface area contributed by atoms with Gasteiger partial charge in [0.15, 0.2) is 0 Å². The zero-order valence-electron chi connectivity index (χ0n) is 6.22. The van der Waals surface area contributed by atoms with Gasteiger partial charge < -0.3 is 0 Å². The van der Waals surface area contributed by atoms with Gasteiger partial charge in [-0.1, -0.05) is 0 Å². The highest BCUT2D eigenvalue weighted by molar-refractivity contribution is 6.48. The Kier molecular flexibility index (Phi) is 2.14. The van der Waals surface area contributed by atoms with Crippen molar-refractivity contribution in [3.8, 4) is 0 Å². The molecule has 13 heavy (non-hydrogen) atoms. The van der Waals surface area contributed by atoms with E-state index in [1.165, 1.54) is 0 Å². The molecular weight excluding hydrogens is 178 g/mol. The van der Waals surface area contributed by atoms with Crippen LogP contribution in [0.1, 0.15) is 0 Å². The van der Waals surface area contributed by atoms with E-state index in [0.29, 0.717) is 0 Å². The van der Waals surface area contributed by atoms with Gasteiger partial charge >= 0.3 is 11.5 Å². The Labute approximate surface area is 71.7 Å². The molecule has 0 saturated heterocycles. The molecule has 0 N–H and O–H groups in total. The number of nitro groups is 1. The standard InChI is InChI=1S/C7H3NO5/c9-3-4-1-5(8(12)13)7(11)6(10)2-4/h1-3H. The van der Waals surface area contributed by atoms with Gasteiger partial charge in [0.1, 0.15) is 6.29 Å². The Balaban J connectivity index is 3.20. The van der Waals surface area contributed by atoms with Gasteiger partial charge in [-0.2, -0.15) is 0 Å². The summed E-state index contributed by atoms with van der Waals surface area (Å²) in [6.45, 7) is 0. The van der Waals surface area contributed by atoms with Crippen LogP contribution in [0, 0.1) is 10.1 Å². The minimum atomic E-state index is -1.20. The van der Waals surface area contributed by atoms with Gasteiger partial charge in [-0.15, -0.1) is 0 Å². The molecule has 0 aromatic rings. The number of nitrogens with zero attached hydrogens (tertiary/aromatic N) is 1. The van der Waals surface area contributed by atoms with Crippen molar-refractivity contribution in [3.63, 3.8) is 0 Å². The van der Waals surface area contributed by atoms with Crippen LogP contribution in [0.4, 0.5) is 0 Å². The summed E-state index contributed by atoms with van der Waals surface area (Å²) in [5.41, 5.74) is -1.04. The number of carbonyl (C=O) groups excluding carboxylic acids is 3. The first kappa shape index (κ1) is 8.98. The summed E-state index contributed by atoms with van der Waals surface area (Å²) < 4.78 is 0. The van der Waals surface area contributed by atoms with E-state index in [-0.39, 0.29) is 11.9 Å². The molecule has 1 aliphatic carbocycles. The second-order valence-corrected chi connectivity index (χ2v) is 2.24. The molecule has 1 aliphatic rings. The molecule has 0 aromatic carbocycles. The van der Waals surface area contributed by atoms with Crippen LogP contribution in [0.15, 0.2) is 23.4 Å². The Morgan fingerprint density at radius 3 is 2.38 bits per heavy atom. The summed E-state index contributed by atoms with van der Waals surface area (Å²) in [6, 6.07) is 0. The maximum Gasteiger partial charge on any atom is 0.321 e.